The average Bonchev–Trinajstić information content (AvgIpc) is 2.31. The Balaban J connectivity index is 2.51. The number of carboxylic acids is 1. The van der Waals surface area contributed by atoms with Crippen molar-refractivity contribution in [2.45, 2.75) is 26.7 Å². The Hall–Kier alpha value is -1.79. The summed E-state index contributed by atoms with van der Waals surface area (Å²) < 4.78 is 0. The normalized spacial score (nSPS) is 16.4. The molecule has 0 bridgehead atoms. The Bertz CT molecular complexity index is 380. The zero-order valence-electron chi connectivity index (χ0n) is 12.0. The fourth-order valence-electron chi connectivity index (χ4n) is 2.17. The second-order valence-electron chi connectivity index (χ2n) is 5.32. The van der Waals surface area contributed by atoms with E-state index in [-0.39, 0.29) is 18.5 Å². The van der Waals surface area contributed by atoms with Crippen LogP contribution in [0.25, 0.3) is 0 Å². The van der Waals surface area contributed by atoms with Crippen LogP contribution in [0.2, 0.25) is 0 Å². The van der Waals surface area contributed by atoms with Gasteiger partial charge in [-0.3, -0.25) is 9.59 Å². The van der Waals surface area contributed by atoms with E-state index in [1.54, 1.807) is 11.8 Å². The number of nitrogens with zero attached hydrogens (tertiary/aromatic N) is 2. The zero-order chi connectivity index (χ0) is 15.3. The molecule has 0 radical (unpaired) electrons. The maximum absolute atomic E-state index is 12.2. The Kier molecular flexibility index (Phi) is 5.79. The van der Waals surface area contributed by atoms with Crippen LogP contribution in [0.15, 0.2) is 0 Å². The van der Waals surface area contributed by atoms with Crippen molar-refractivity contribution < 1.29 is 19.5 Å². The van der Waals surface area contributed by atoms with Gasteiger partial charge in [0.15, 0.2) is 0 Å². The number of urea groups is 1. The molecule has 1 fully saturated rings. The van der Waals surface area contributed by atoms with E-state index >= 15 is 0 Å². The molecule has 1 heterocycles. The summed E-state index contributed by atoms with van der Waals surface area (Å²) in [6.07, 6.45) is 1.73. The first-order chi connectivity index (χ1) is 9.36. The van der Waals surface area contributed by atoms with Crippen LogP contribution in [-0.2, 0) is 9.59 Å². The van der Waals surface area contributed by atoms with Crippen LogP contribution in [0.5, 0.6) is 0 Å². The van der Waals surface area contributed by atoms with Crippen molar-refractivity contribution >= 4 is 17.9 Å². The van der Waals surface area contributed by atoms with Crippen LogP contribution >= 0.6 is 0 Å². The van der Waals surface area contributed by atoms with Gasteiger partial charge in [0.05, 0.1) is 5.92 Å². The lowest BCUT2D eigenvalue weighted by Crippen LogP contribution is -2.58. The minimum absolute atomic E-state index is 0.0157. The quantitative estimate of drug-likeness (QED) is 0.704. The first-order valence-electron chi connectivity index (χ1n) is 6.91. The summed E-state index contributed by atoms with van der Waals surface area (Å²) in [6.45, 7) is 4.90. The summed E-state index contributed by atoms with van der Waals surface area (Å²) in [6, 6.07) is -0.230. The maximum Gasteiger partial charge on any atom is 0.320 e. The molecule has 1 aliphatic heterocycles. The second kappa shape index (κ2) is 7.12. The first-order valence-corrected chi connectivity index (χ1v) is 6.91. The monoisotopic (exact) mass is 285 g/mol. The van der Waals surface area contributed by atoms with Gasteiger partial charge in [0.25, 0.3) is 0 Å². The highest BCUT2D eigenvalue weighted by atomic mass is 16.4. The lowest BCUT2D eigenvalue weighted by atomic mass is 9.87. The number of likely N-dealkylation sites (tertiary alicyclic amines) is 1. The van der Waals surface area contributed by atoms with Crippen molar-refractivity contribution in [3.05, 3.63) is 0 Å². The molecule has 0 aliphatic carbocycles. The topological polar surface area (TPSA) is 104 Å². The fourth-order valence-corrected chi connectivity index (χ4v) is 2.17. The third-order valence-electron chi connectivity index (χ3n) is 3.68. The molecule has 0 saturated carbocycles. The molecule has 20 heavy (non-hydrogen) atoms. The van der Waals surface area contributed by atoms with Gasteiger partial charge in [-0.25, -0.2) is 4.79 Å². The summed E-state index contributed by atoms with van der Waals surface area (Å²) in [7, 11) is 0. The Morgan fingerprint density at radius 3 is 2.45 bits per heavy atom. The highest BCUT2D eigenvalue weighted by molar-refractivity contribution is 5.83. The van der Waals surface area contributed by atoms with Crippen molar-refractivity contribution in [1.82, 2.24) is 9.80 Å². The molecule has 3 amide bonds. The van der Waals surface area contributed by atoms with E-state index in [0.29, 0.717) is 19.6 Å². The maximum atomic E-state index is 12.2. The number of aliphatic carboxylic acids is 1. The predicted molar refractivity (Wildman–Crippen MR) is 72.9 cm³/mol. The van der Waals surface area contributed by atoms with E-state index in [1.807, 2.05) is 6.92 Å². The molecule has 1 aliphatic rings. The van der Waals surface area contributed by atoms with Gasteiger partial charge in [0, 0.05) is 25.6 Å². The summed E-state index contributed by atoms with van der Waals surface area (Å²) in [5.74, 6) is -1.86. The molecular formula is C13H23N3O4. The molecule has 7 heteroatoms. The first kappa shape index (κ1) is 16.3. The van der Waals surface area contributed by atoms with Gasteiger partial charge >= 0.3 is 12.0 Å². The number of carboxylic acid groups (broad SMARTS) is 1. The molecular weight excluding hydrogens is 262 g/mol. The smallest absolute Gasteiger partial charge is 0.320 e. The molecule has 3 N–H and O–H groups in total. The minimum Gasteiger partial charge on any atom is -0.481 e. The average molecular weight is 285 g/mol. The largest absolute Gasteiger partial charge is 0.481 e. The molecule has 114 valence electrons. The van der Waals surface area contributed by atoms with E-state index in [4.69, 9.17) is 10.8 Å². The van der Waals surface area contributed by atoms with Crippen molar-refractivity contribution in [2.24, 2.45) is 17.6 Å². The molecule has 1 unspecified atom stereocenters. The number of rotatable bonds is 7. The number of carbonyl (C=O) groups is 3. The standard InChI is InChI=1S/C13H23N3O4/c1-3-4-5-15(8-11(14)17)13(20)16-6-10(7-16)9(2)12(18)19/h9-10H,3-8H2,1-2H3,(H2,14,17)(H,18,19). The van der Waals surface area contributed by atoms with Crippen LogP contribution in [0.1, 0.15) is 26.7 Å². The Morgan fingerprint density at radius 2 is 2.00 bits per heavy atom. The molecule has 7 nitrogen and oxygen atoms in total. The number of unbranched alkanes of at least 4 members (excludes halogenated alkanes) is 1. The van der Waals surface area contributed by atoms with E-state index in [9.17, 15) is 14.4 Å². The van der Waals surface area contributed by atoms with Crippen LogP contribution in [0, 0.1) is 11.8 Å². The minimum atomic E-state index is -0.845. The number of nitrogens with two attached hydrogens (primary N) is 1. The van der Waals surface area contributed by atoms with Crippen LogP contribution < -0.4 is 5.73 Å². The van der Waals surface area contributed by atoms with Crippen LogP contribution in [0.4, 0.5) is 4.79 Å². The summed E-state index contributed by atoms with van der Waals surface area (Å²) >= 11 is 0. The van der Waals surface area contributed by atoms with Crippen molar-refractivity contribution in [1.29, 1.82) is 0 Å². The van der Waals surface area contributed by atoms with Crippen molar-refractivity contribution in [3.63, 3.8) is 0 Å². The lowest BCUT2D eigenvalue weighted by molar-refractivity contribution is -0.144. The third kappa shape index (κ3) is 4.11. The highest BCUT2D eigenvalue weighted by Gasteiger charge is 2.38. The van der Waals surface area contributed by atoms with Gasteiger partial charge in [-0.1, -0.05) is 20.3 Å². The van der Waals surface area contributed by atoms with Crippen LogP contribution in [0.3, 0.4) is 0 Å². The van der Waals surface area contributed by atoms with E-state index < -0.39 is 17.8 Å². The summed E-state index contributed by atoms with van der Waals surface area (Å²) in [5.41, 5.74) is 5.15. The van der Waals surface area contributed by atoms with Gasteiger partial charge in [-0.05, 0) is 6.42 Å². The predicted octanol–water partition coefficient (Wildman–Crippen LogP) is 0.346. The third-order valence-corrected chi connectivity index (χ3v) is 3.68. The van der Waals surface area contributed by atoms with Gasteiger partial charge in [0.1, 0.15) is 6.54 Å². The van der Waals surface area contributed by atoms with Gasteiger partial charge in [0.2, 0.25) is 5.91 Å². The highest BCUT2D eigenvalue weighted by Crippen LogP contribution is 2.25. The Labute approximate surface area is 118 Å². The van der Waals surface area contributed by atoms with Crippen molar-refractivity contribution in [2.75, 3.05) is 26.2 Å². The lowest BCUT2D eigenvalue weighted by Gasteiger charge is -2.43. The molecule has 1 saturated heterocycles. The van der Waals surface area contributed by atoms with Crippen molar-refractivity contribution in [3.8, 4) is 0 Å². The molecule has 0 spiro atoms. The van der Waals surface area contributed by atoms with E-state index in [1.165, 1.54) is 4.90 Å². The summed E-state index contributed by atoms with van der Waals surface area (Å²) in [5, 5.41) is 8.91. The number of carbonyl (C=O) groups excluding carboxylic acids is 2. The Morgan fingerprint density at radius 1 is 1.40 bits per heavy atom. The molecule has 1 rings (SSSR count). The number of primary amides is 1. The zero-order valence-corrected chi connectivity index (χ0v) is 12.0. The van der Waals surface area contributed by atoms with E-state index in [2.05, 4.69) is 0 Å². The molecule has 0 aromatic rings. The summed E-state index contributed by atoms with van der Waals surface area (Å²) in [4.78, 5) is 37.1. The van der Waals surface area contributed by atoms with Gasteiger partial charge in [-0.15, -0.1) is 0 Å². The number of hydrogen-bond acceptors (Lipinski definition) is 3. The van der Waals surface area contributed by atoms with E-state index in [0.717, 1.165) is 12.8 Å². The second-order valence-corrected chi connectivity index (χ2v) is 5.32. The number of hydrogen-bond donors (Lipinski definition) is 2. The van der Waals surface area contributed by atoms with Crippen LogP contribution in [-0.4, -0.2) is 59.0 Å². The van der Waals surface area contributed by atoms with Gasteiger partial charge in [-0.2, -0.15) is 0 Å². The number of amides is 3. The molecule has 1 atom stereocenters. The molecule has 0 aromatic carbocycles. The van der Waals surface area contributed by atoms with Gasteiger partial charge < -0.3 is 20.6 Å². The fraction of sp³-hybridized carbons (Fsp3) is 0.769. The SMILES string of the molecule is CCCCN(CC(N)=O)C(=O)N1CC(C(C)C(=O)O)C1. The molecule has 0 aromatic heterocycles.